The second-order valence-corrected chi connectivity index (χ2v) is 7.36. The average molecular weight is 389 g/mol. The fourth-order valence-electron chi connectivity index (χ4n) is 3.37. The van der Waals surface area contributed by atoms with Crippen LogP contribution in [0.4, 0.5) is 10.1 Å². The molecule has 0 radical (unpaired) electrons. The topological polar surface area (TPSA) is 49.4 Å². The summed E-state index contributed by atoms with van der Waals surface area (Å²) in [6.07, 6.45) is 3.21. The SMILES string of the molecule is Cc1cc(C(=O)N2CCCC[C@@H]2C)ccc1NC(=O)c1ccc(F)cc1Cl. The zero-order chi connectivity index (χ0) is 19.6. The normalized spacial score (nSPS) is 16.9. The highest BCUT2D eigenvalue weighted by Crippen LogP contribution is 2.24. The number of carbonyl (C=O) groups excluding carboxylic acids is 2. The first kappa shape index (κ1) is 19.4. The van der Waals surface area contributed by atoms with Crippen molar-refractivity contribution in [3.05, 3.63) is 63.9 Å². The zero-order valence-corrected chi connectivity index (χ0v) is 16.1. The van der Waals surface area contributed by atoms with E-state index in [0.717, 1.165) is 37.4 Å². The molecule has 27 heavy (non-hydrogen) atoms. The summed E-state index contributed by atoms with van der Waals surface area (Å²) in [6.45, 7) is 4.68. The number of halogens is 2. The highest BCUT2D eigenvalue weighted by atomic mass is 35.5. The van der Waals surface area contributed by atoms with E-state index in [9.17, 15) is 14.0 Å². The second kappa shape index (κ2) is 8.09. The molecule has 1 aliphatic heterocycles. The van der Waals surface area contributed by atoms with E-state index in [2.05, 4.69) is 12.2 Å². The van der Waals surface area contributed by atoms with Gasteiger partial charge in [0.1, 0.15) is 5.82 Å². The lowest BCUT2D eigenvalue weighted by Crippen LogP contribution is -2.42. The van der Waals surface area contributed by atoms with Crippen LogP contribution in [0.25, 0.3) is 0 Å². The summed E-state index contributed by atoms with van der Waals surface area (Å²) in [7, 11) is 0. The number of benzene rings is 2. The number of aryl methyl sites for hydroxylation is 1. The maximum atomic E-state index is 13.2. The first-order valence-corrected chi connectivity index (χ1v) is 9.42. The number of likely N-dealkylation sites (tertiary alicyclic amines) is 1. The Balaban J connectivity index is 1.76. The summed E-state index contributed by atoms with van der Waals surface area (Å²) >= 11 is 5.95. The van der Waals surface area contributed by atoms with Crippen molar-refractivity contribution < 1.29 is 14.0 Å². The highest BCUT2D eigenvalue weighted by Gasteiger charge is 2.24. The van der Waals surface area contributed by atoms with Crippen molar-refractivity contribution in [2.45, 2.75) is 39.2 Å². The lowest BCUT2D eigenvalue weighted by atomic mass is 10.0. The van der Waals surface area contributed by atoms with Crippen LogP contribution < -0.4 is 5.32 Å². The van der Waals surface area contributed by atoms with Gasteiger partial charge in [-0.1, -0.05) is 11.6 Å². The quantitative estimate of drug-likeness (QED) is 0.799. The summed E-state index contributed by atoms with van der Waals surface area (Å²) in [6, 6.07) is 9.10. The van der Waals surface area contributed by atoms with Gasteiger partial charge in [-0.3, -0.25) is 9.59 Å². The molecule has 2 aromatic rings. The molecule has 0 aromatic heterocycles. The van der Waals surface area contributed by atoms with Crippen molar-refractivity contribution in [3.63, 3.8) is 0 Å². The Morgan fingerprint density at radius 3 is 2.63 bits per heavy atom. The predicted molar refractivity (Wildman–Crippen MR) is 105 cm³/mol. The number of nitrogens with zero attached hydrogens (tertiary/aromatic N) is 1. The van der Waals surface area contributed by atoms with Gasteiger partial charge in [0.05, 0.1) is 10.6 Å². The minimum atomic E-state index is -0.498. The molecular weight excluding hydrogens is 367 g/mol. The number of hydrogen-bond donors (Lipinski definition) is 1. The molecule has 142 valence electrons. The van der Waals surface area contributed by atoms with Crippen molar-refractivity contribution in [3.8, 4) is 0 Å². The van der Waals surface area contributed by atoms with E-state index in [0.29, 0.717) is 11.3 Å². The van der Waals surface area contributed by atoms with E-state index < -0.39 is 11.7 Å². The first-order chi connectivity index (χ1) is 12.9. The van der Waals surface area contributed by atoms with Gasteiger partial charge < -0.3 is 10.2 Å². The van der Waals surface area contributed by atoms with Crippen molar-refractivity contribution in [2.75, 3.05) is 11.9 Å². The van der Waals surface area contributed by atoms with Gasteiger partial charge in [-0.05, 0) is 75.1 Å². The van der Waals surface area contributed by atoms with E-state index in [-0.39, 0.29) is 22.5 Å². The smallest absolute Gasteiger partial charge is 0.257 e. The lowest BCUT2D eigenvalue weighted by Gasteiger charge is -2.33. The van der Waals surface area contributed by atoms with Crippen LogP contribution in [0.15, 0.2) is 36.4 Å². The molecule has 1 saturated heterocycles. The monoisotopic (exact) mass is 388 g/mol. The number of amides is 2. The summed E-state index contributed by atoms with van der Waals surface area (Å²) in [5.74, 6) is -0.904. The maximum absolute atomic E-state index is 13.2. The van der Waals surface area contributed by atoms with Gasteiger partial charge in [0.15, 0.2) is 0 Å². The Morgan fingerprint density at radius 2 is 1.96 bits per heavy atom. The number of rotatable bonds is 3. The summed E-state index contributed by atoms with van der Waals surface area (Å²) < 4.78 is 13.2. The van der Waals surface area contributed by atoms with Gasteiger partial charge in [-0.2, -0.15) is 0 Å². The van der Waals surface area contributed by atoms with Gasteiger partial charge in [-0.15, -0.1) is 0 Å². The molecule has 1 fully saturated rings. The van der Waals surface area contributed by atoms with E-state index in [4.69, 9.17) is 11.6 Å². The molecule has 0 spiro atoms. The lowest BCUT2D eigenvalue weighted by molar-refractivity contribution is 0.0635. The fraction of sp³-hybridized carbons (Fsp3) is 0.333. The molecule has 0 bridgehead atoms. The Morgan fingerprint density at radius 1 is 1.19 bits per heavy atom. The Kier molecular flexibility index (Phi) is 5.80. The molecule has 0 aliphatic carbocycles. The van der Waals surface area contributed by atoms with Gasteiger partial charge in [0.2, 0.25) is 0 Å². The van der Waals surface area contributed by atoms with Crippen molar-refractivity contribution in [1.29, 1.82) is 0 Å². The number of anilines is 1. The molecule has 1 aliphatic rings. The van der Waals surface area contributed by atoms with Crippen molar-refractivity contribution in [1.82, 2.24) is 4.90 Å². The fourth-order valence-corrected chi connectivity index (χ4v) is 3.62. The van der Waals surface area contributed by atoms with Crippen LogP contribution in [-0.2, 0) is 0 Å². The van der Waals surface area contributed by atoms with Crippen molar-refractivity contribution >= 4 is 29.1 Å². The third kappa shape index (κ3) is 4.30. The standard InChI is InChI=1S/C21H22ClFN2O2/c1-13-11-15(21(27)25-10-4-3-5-14(25)2)6-9-19(13)24-20(26)17-8-7-16(23)12-18(17)22/h6-9,11-12,14H,3-5,10H2,1-2H3,(H,24,26)/t14-/m0/s1. The van der Waals surface area contributed by atoms with Crippen molar-refractivity contribution in [2.24, 2.45) is 0 Å². The van der Waals surface area contributed by atoms with E-state index in [1.54, 1.807) is 18.2 Å². The molecular formula is C21H22ClFN2O2. The molecule has 0 unspecified atom stereocenters. The van der Waals surface area contributed by atoms with Crippen LogP contribution in [0.5, 0.6) is 0 Å². The third-order valence-corrected chi connectivity index (χ3v) is 5.27. The van der Waals surface area contributed by atoms with Crippen LogP contribution in [0.1, 0.15) is 52.5 Å². The molecule has 4 nitrogen and oxygen atoms in total. The number of hydrogen-bond acceptors (Lipinski definition) is 2. The van der Waals surface area contributed by atoms with E-state index >= 15 is 0 Å². The largest absolute Gasteiger partial charge is 0.336 e. The Labute approximate surface area is 163 Å². The van der Waals surface area contributed by atoms with Gasteiger partial charge in [0.25, 0.3) is 11.8 Å². The minimum absolute atomic E-state index is 0.0183. The molecule has 1 N–H and O–H groups in total. The molecule has 2 aromatic carbocycles. The third-order valence-electron chi connectivity index (χ3n) is 4.96. The molecule has 2 amide bonds. The number of nitrogens with one attached hydrogen (secondary N) is 1. The van der Waals surface area contributed by atoms with Gasteiger partial charge >= 0.3 is 0 Å². The van der Waals surface area contributed by atoms with E-state index in [1.807, 2.05) is 11.8 Å². The van der Waals surface area contributed by atoms with E-state index in [1.165, 1.54) is 12.1 Å². The predicted octanol–water partition coefficient (Wildman–Crippen LogP) is 5.05. The Hall–Kier alpha value is -2.40. The maximum Gasteiger partial charge on any atom is 0.257 e. The highest BCUT2D eigenvalue weighted by molar-refractivity contribution is 6.34. The summed E-state index contributed by atoms with van der Waals surface area (Å²) in [5, 5.41) is 2.82. The number of piperidine rings is 1. The molecule has 3 rings (SSSR count). The minimum Gasteiger partial charge on any atom is -0.336 e. The molecule has 6 heteroatoms. The van der Waals surface area contributed by atoms with Crippen LogP contribution in [0.2, 0.25) is 5.02 Å². The van der Waals surface area contributed by atoms with Gasteiger partial charge in [-0.25, -0.2) is 4.39 Å². The molecule has 0 saturated carbocycles. The van der Waals surface area contributed by atoms with Crippen LogP contribution in [-0.4, -0.2) is 29.3 Å². The molecule has 1 heterocycles. The van der Waals surface area contributed by atoms with Crippen LogP contribution in [0.3, 0.4) is 0 Å². The number of carbonyl (C=O) groups is 2. The second-order valence-electron chi connectivity index (χ2n) is 6.95. The summed E-state index contributed by atoms with van der Waals surface area (Å²) in [5.41, 5.74) is 2.17. The van der Waals surface area contributed by atoms with Gasteiger partial charge in [0, 0.05) is 23.8 Å². The Bertz CT molecular complexity index is 884. The van der Waals surface area contributed by atoms with Crippen LogP contribution >= 0.6 is 11.6 Å². The molecule has 1 atom stereocenters. The van der Waals surface area contributed by atoms with Crippen LogP contribution in [0, 0.1) is 12.7 Å². The zero-order valence-electron chi connectivity index (χ0n) is 15.4. The average Bonchev–Trinajstić information content (AvgIpc) is 2.63. The summed E-state index contributed by atoms with van der Waals surface area (Å²) in [4.78, 5) is 27.1. The first-order valence-electron chi connectivity index (χ1n) is 9.05.